The van der Waals surface area contributed by atoms with Crippen LogP contribution in [0.2, 0.25) is 0 Å². The van der Waals surface area contributed by atoms with Gasteiger partial charge in [0.15, 0.2) is 0 Å². The van der Waals surface area contributed by atoms with Crippen LogP contribution >= 0.6 is 11.3 Å². The van der Waals surface area contributed by atoms with E-state index in [1.807, 2.05) is 24.3 Å². The Kier molecular flexibility index (Phi) is 4.78. The Hall–Kier alpha value is -1.39. The molecule has 108 valence electrons. The molecule has 1 aromatic heterocycles. The van der Waals surface area contributed by atoms with E-state index in [0.29, 0.717) is 17.5 Å². The Bertz CT molecular complexity index is 606. The minimum Gasteiger partial charge on any atom is -0.477 e. The molecule has 0 aliphatic carbocycles. The average Bonchev–Trinajstić information content (AvgIpc) is 2.78. The lowest BCUT2D eigenvalue weighted by Gasteiger charge is -2.24. The van der Waals surface area contributed by atoms with Crippen LogP contribution in [-0.2, 0) is 6.54 Å². The number of rotatable bonds is 6. The summed E-state index contributed by atoms with van der Waals surface area (Å²) in [7, 11) is 2.07. The predicted molar refractivity (Wildman–Crippen MR) is 84.6 cm³/mol. The van der Waals surface area contributed by atoms with E-state index in [9.17, 15) is 9.90 Å². The van der Waals surface area contributed by atoms with Crippen molar-refractivity contribution in [2.24, 2.45) is 0 Å². The van der Waals surface area contributed by atoms with E-state index >= 15 is 0 Å². The highest BCUT2D eigenvalue weighted by Crippen LogP contribution is 2.32. The lowest BCUT2D eigenvalue weighted by atomic mass is 10.1. The van der Waals surface area contributed by atoms with E-state index in [4.69, 9.17) is 0 Å². The van der Waals surface area contributed by atoms with Crippen molar-refractivity contribution in [3.63, 3.8) is 0 Å². The molecule has 4 heteroatoms. The number of carboxylic acids is 1. The number of carboxylic acid groups (broad SMARTS) is 1. The maximum Gasteiger partial charge on any atom is 0.346 e. The molecule has 0 amide bonds. The molecule has 0 spiro atoms. The minimum absolute atomic E-state index is 0.459. The van der Waals surface area contributed by atoms with Gasteiger partial charge in [0.2, 0.25) is 0 Å². The van der Waals surface area contributed by atoms with Crippen LogP contribution in [0.1, 0.15) is 41.9 Å². The molecule has 3 nitrogen and oxygen atoms in total. The summed E-state index contributed by atoms with van der Waals surface area (Å²) in [6.45, 7) is 5.05. The minimum atomic E-state index is -0.822. The fraction of sp³-hybridized carbons (Fsp3) is 0.438. The van der Waals surface area contributed by atoms with Crippen LogP contribution in [0.15, 0.2) is 24.3 Å². The van der Waals surface area contributed by atoms with Crippen molar-refractivity contribution < 1.29 is 9.90 Å². The van der Waals surface area contributed by atoms with Gasteiger partial charge in [-0.05, 0) is 37.4 Å². The molecule has 20 heavy (non-hydrogen) atoms. The number of thiophene rings is 1. The van der Waals surface area contributed by atoms with Crippen LogP contribution in [-0.4, -0.2) is 29.1 Å². The van der Waals surface area contributed by atoms with Crippen molar-refractivity contribution >= 4 is 27.4 Å². The Balaban J connectivity index is 2.36. The normalized spacial score (nSPS) is 13.0. The molecule has 0 saturated heterocycles. The van der Waals surface area contributed by atoms with Crippen molar-refractivity contribution in [3.8, 4) is 0 Å². The fourth-order valence-electron chi connectivity index (χ4n) is 2.47. The summed E-state index contributed by atoms with van der Waals surface area (Å²) in [5.41, 5.74) is 0.948. The molecule has 0 fully saturated rings. The van der Waals surface area contributed by atoms with E-state index in [1.165, 1.54) is 11.3 Å². The molecule has 1 aromatic carbocycles. The van der Waals surface area contributed by atoms with Crippen LogP contribution in [0.4, 0.5) is 0 Å². The van der Waals surface area contributed by atoms with E-state index < -0.39 is 5.97 Å². The topological polar surface area (TPSA) is 40.5 Å². The van der Waals surface area contributed by atoms with E-state index in [2.05, 4.69) is 25.8 Å². The van der Waals surface area contributed by atoms with Gasteiger partial charge >= 0.3 is 5.97 Å². The molecule has 0 aliphatic heterocycles. The number of aromatic carboxylic acids is 1. The fourth-order valence-corrected chi connectivity index (χ4v) is 3.52. The molecular weight excluding hydrogens is 270 g/mol. The van der Waals surface area contributed by atoms with Crippen molar-refractivity contribution in [1.29, 1.82) is 0 Å². The van der Waals surface area contributed by atoms with E-state index in [0.717, 1.165) is 28.5 Å². The summed E-state index contributed by atoms with van der Waals surface area (Å²) < 4.78 is 1.05. The van der Waals surface area contributed by atoms with Gasteiger partial charge in [-0.15, -0.1) is 11.3 Å². The van der Waals surface area contributed by atoms with Gasteiger partial charge in [0, 0.05) is 17.3 Å². The molecule has 1 unspecified atom stereocenters. The van der Waals surface area contributed by atoms with E-state index in [1.54, 1.807) is 0 Å². The summed E-state index contributed by atoms with van der Waals surface area (Å²) >= 11 is 1.37. The highest BCUT2D eigenvalue weighted by atomic mass is 32.1. The number of hydrogen-bond donors (Lipinski definition) is 1. The van der Waals surface area contributed by atoms with Gasteiger partial charge in [-0.1, -0.05) is 31.5 Å². The third-order valence-electron chi connectivity index (χ3n) is 3.76. The first-order valence-corrected chi connectivity index (χ1v) is 7.80. The Labute approximate surface area is 123 Å². The number of fused-ring (bicyclic) bond motifs is 1. The zero-order valence-corrected chi connectivity index (χ0v) is 13.0. The molecule has 1 N–H and O–H groups in total. The SMILES string of the molecule is CCCC(C)N(C)Cc1c(C(=O)O)sc2ccccc12. The van der Waals surface area contributed by atoms with Gasteiger partial charge in [0.05, 0.1) is 0 Å². The first kappa shape index (κ1) is 15.0. The molecule has 2 rings (SSSR count). The van der Waals surface area contributed by atoms with Gasteiger partial charge in [-0.3, -0.25) is 4.90 Å². The maximum atomic E-state index is 11.5. The van der Waals surface area contributed by atoms with Crippen LogP contribution in [0, 0.1) is 0 Å². The molecule has 0 bridgehead atoms. The molecule has 0 radical (unpaired) electrons. The quantitative estimate of drug-likeness (QED) is 0.866. The van der Waals surface area contributed by atoms with Crippen molar-refractivity contribution in [3.05, 3.63) is 34.7 Å². The summed E-state index contributed by atoms with van der Waals surface area (Å²) in [6.07, 6.45) is 2.27. The second kappa shape index (κ2) is 6.37. The van der Waals surface area contributed by atoms with Gasteiger partial charge in [0.1, 0.15) is 4.88 Å². The number of hydrogen-bond acceptors (Lipinski definition) is 3. The Morgan fingerprint density at radius 2 is 2.10 bits per heavy atom. The number of carbonyl (C=O) groups is 1. The second-order valence-electron chi connectivity index (χ2n) is 5.26. The van der Waals surface area contributed by atoms with Gasteiger partial charge < -0.3 is 5.11 Å². The van der Waals surface area contributed by atoms with E-state index in [-0.39, 0.29) is 0 Å². The van der Waals surface area contributed by atoms with Crippen LogP contribution in [0.3, 0.4) is 0 Å². The first-order valence-electron chi connectivity index (χ1n) is 6.98. The van der Waals surface area contributed by atoms with Gasteiger partial charge in [-0.2, -0.15) is 0 Å². The third kappa shape index (κ3) is 3.02. The van der Waals surface area contributed by atoms with Gasteiger partial charge in [0.25, 0.3) is 0 Å². The highest BCUT2D eigenvalue weighted by Gasteiger charge is 2.20. The predicted octanol–water partition coefficient (Wildman–Crippen LogP) is 4.22. The molecule has 0 aliphatic rings. The van der Waals surface area contributed by atoms with Crippen LogP contribution < -0.4 is 0 Å². The summed E-state index contributed by atoms with van der Waals surface area (Å²) in [4.78, 5) is 14.2. The van der Waals surface area contributed by atoms with Crippen LogP contribution in [0.25, 0.3) is 10.1 Å². The number of nitrogens with zero attached hydrogens (tertiary/aromatic N) is 1. The van der Waals surface area contributed by atoms with Crippen molar-refractivity contribution in [1.82, 2.24) is 4.90 Å². The monoisotopic (exact) mass is 291 g/mol. The Morgan fingerprint density at radius 3 is 2.75 bits per heavy atom. The molecular formula is C16H21NO2S. The molecule has 1 atom stereocenters. The number of benzene rings is 1. The van der Waals surface area contributed by atoms with Gasteiger partial charge in [-0.25, -0.2) is 4.79 Å². The molecule has 2 aromatic rings. The molecule has 1 heterocycles. The lowest BCUT2D eigenvalue weighted by Crippen LogP contribution is -2.28. The maximum absolute atomic E-state index is 11.5. The highest BCUT2D eigenvalue weighted by molar-refractivity contribution is 7.21. The molecule has 0 saturated carbocycles. The zero-order chi connectivity index (χ0) is 14.7. The Morgan fingerprint density at radius 1 is 1.40 bits per heavy atom. The lowest BCUT2D eigenvalue weighted by molar-refractivity contribution is 0.0700. The van der Waals surface area contributed by atoms with Crippen molar-refractivity contribution in [2.75, 3.05) is 7.05 Å². The second-order valence-corrected chi connectivity index (χ2v) is 6.32. The average molecular weight is 291 g/mol. The first-order chi connectivity index (χ1) is 9.54. The third-order valence-corrected chi connectivity index (χ3v) is 4.96. The smallest absolute Gasteiger partial charge is 0.346 e. The zero-order valence-electron chi connectivity index (χ0n) is 12.2. The standard InChI is InChI=1S/C16H21NO2S/c1-4-7-11(2)17(3)10-13-12-8-5-6-9-14(12)20-15(13)16(18)19/h5-6,8-9,11H,4,7,10H2,1-3H3,(H,18,19). The summed E-state index contributed by atoms with van der Waals surface area (Å²) in [5, 5.41) is 10.5. The summed E-state index contributed by atoms with van der Waals surface area (Å²) in [5.74, 6) is -0.822. The van der Waals surface area contributed by atoms with Crippen LogP contribution in [0.5, 0.6) is 0 Å². The largest absolute Gasteiger partial charge is 0.477 e. The summed E-state index contributed by atoms with van der Waals surface area (Å²) in [6, 6.07) is 8.40. The van der Waals surface area contributed by atoms with Crippen molar-refractivity contribution in [2.45, 2.75) is 39.3 Å².